The lowest BCUT2D eigenvalue weighted by molar-refractivity contribution is 0.00578. The SMILES string of the molecule is COc1ccc(B2OC(C)(C)C(C)(C)O2)c(F)c1F. The highest BCUT2D eigenvalue weighted by Crippen LogP contribution is 2.37. The van der Waals surface area contributed by atoms with Crippen molar-refractivity contribution in [2.45, 2.75) is 38.9 Å². The van der Waals surface area contributed by atoms with Crippen LogP contribution in [0.4, 0.5) is 8.78 Å². The molecule has 2 rings (SSSR count). The molecule has 1 aliphatic rings. The topological polar surface area (TPSA) is 27.7 Å². The molecule has 19 heavy (non-hydrogen) atoms. The van der Waals surface area contributed by atoms with Gasteiger partial charge in [0.1, 0.15) is 0 Å². The summed E-state index contributed by atoms with van der Waals surface area (Å²) in [5.41, 5.74) is -1.15. The first-order valence-corrected chi connectivity index (χ1v) is 6.07. The predicted molar refractivity (Wildman–Crippen MR) is 68.6 cm³/mol. The standard InChI is InChI=1S/C13H17BF2O3/c1-12(2)13(3,4)19-14(18-12)8-6-7-9(17-5)11(16)10(8)15/h6-7H,1-5H3. The number of methoxy groups -OCH3 is 1. The van der Waals surface area contributed by atoms with Crippen molar-refractivity contribution in [2.75, 3.05) is 7.11 Å². The van der Waals surface area contributed by atoms with Crippen LogP contribution < -0.4 is 10.2 Å². The first-order valence-electron chi connectivity index (χ1n) is 6.07. The molecule has 0 bridgehead atoms. The molecule has 1 aromatic carbocycles. The summed E-state index contributed by atoms with van der Waals surface area (Å²) in [6.45, 7) is 7.41. The summed E-state index contributed by atoms with van der Waals surface area (Å²) in [6.07, 6.45) is 0. The summed E-state index contributed by atoms with van der Waals surface area (Å²) in [4.78, 5) is 0. The molecule has 1 aliphatic heterocycles. The van der Waals surface area contributed by atoms with Gasteiger partial charge in [0.15, 0.2) is 17.4 Å². The summed E-state index contributed by atoms with van der Waals surface area (Å²) < 4.78 is 43.8. The second-order valence-corrected chi connectivity index (χ2v) is 5.57. The van der Waals surface area contributed by atoms with Gasteiger partial charge in [0.25, 0.3) is 0 Å². The van der Waals surface area contributed by atoms with Crippen LogP contribution in [-0.2, 0) is 9.31 Å². The van der Waals surface area contributed by atoms with Crippen molar-refractivity contribution in [2.24, 2.45) is 0 Å². The van der Waals surface area contributed by atoms with E-state index in [2.05, 4.69) is 0 Å². The molecule has 0 amide bonds. The van der Waals surface area contributed by atoms with Crippen LogP contribution in [0.3, 0.4) is 0 Å². The largest absolute Gasteiger partial charge is 0.497 e. The average Bonchev–Trinajstić information content (AvgIpc) is 2.51. The molecular formula is C13H17BF2O3. The highest BCUT2D eigenvalue weighted by molar-refractivity contribution is 6.62. The third-order valence-corrected chi connectivity index (χ3v) is 3.80. The molecule has 0 N–H and O–H groups in total. The Balaban J connectivity index is 2.38. The van der Waals surface area contributed by atoms with Gasteiger partial charge in [-0.25, -0.2) is 4.39 Å². The van der Waals surface area contributed by atoms with Gasteiger partial charge in [-0.05, 0) is 33.8 Å². The lowest BCUT2D eigenvalue weighted by Crippen LogP contribution is -2.41. The molecule has 1 heterocycles. The van der Waals surface area contributed by atoms with Crippen LogP contribution >= 0.6 is 0 Å². The summed E-state index contributed by atoms with van der Waals surface area (Å²) in [5, 5.41) is 0. The molecule has 0 unspecified atom stereocenters. The number of halogens is 2. The Morgan fingerprint density at radius 1 is 1.00 bits per heavy atom. The van der Waals surface area contributed by atoms with Crippen LogP contribution in [0.15, 0.2) is 12.1 Å². The Labute approximate surface area is 112 Å². The van der Waals surface area contributed by atoms with Gasteiger partial charge in [0, 0.05) is 5.46 Å². The van der Waals surface area contributed by atoms with Crippen LogP contribution in [0, 0.1) is 11.6 Å². The molecule has 0 radical (unpaired) electrons. The van der Waals surface area contributed by atoms with E-state index in [1.54, 1.807) is 0 Å². The highest BCUT2D eigenvalue weighted by Gasteiger charge is 2.52. The van der Waals surface area contributed by atoms with Gasteiger partial charge in [0.05, 0.1) is 18.3 Å². The number of ether oxygens (including phenoxy) is 1. The van der Waals surface area contributed by atoms with E-state index >= 15 is 0 Å². The normalized spacial score (nSPS) is 20.7. The van der Waals surface area contributed by atoms with Gasteiger partial charge in [-0.1, -0.05) is 6.07 Å². The second-order valence-electron chi connectivity index (χ2n) is 5.57. The fourth-order valence-corrected chi connectivity index (χ4v) is 1.86. The molecular weight excluding hydrogens is 253 g/mol. The highest BCUT2D eigenvalue weighted by atomic mass is 19.2. The summed E-state index contributed by atoms with van der Waals surface area (Å²) >= 11 is 0. The number of hydrogen-bond acceptors (Lipinski definition) is 3. The molecule has 0 aromatic heterocycles. The molecule has 1 saturated heterocycles. The molecule has 1 fully saturated rings. The van der Waals surface area contributed by atoms with Crippen molar-refractivity contribution < 1.29 is 22.8 Å². The molecule has 0 atom stereocenters. The van der Waals surface area contributed by atoms with Gasteiger partial charge in [0.2, 0.25) is 0 Å². The van der Waals surface area contributed by atoms with E-state index < -0.39 is 30.0 Å². The van der Waals surface area contributed by atoms with Crippen molar-refractivity contribution in [1.82, 2.24) is 0 Å². The molecule has 104 valence electrons. The van der Waals surface area contributed by atoms with E-state index in [0.717, 1.165) is 0 Å². The molecule has 3 nitrogen and oxygen atoms in total. The van der Waals surface area contributed by atoms with E-state index in [1.807, 2.05) is 27.7 Å². The van der Waals surface area contributed by atoms with Gasteiger partial charge < -0.3 is 14.0 Å². The van der Waals surface area contributed by atoms with Crippen LogP contribution in [0.2, 0.25) is 0 Å². The van der Waals surface area contributed by atoms with E-state index in [4.69, 9.17) is 14.0 Å². The molecule has 0 aliphatic carbocycles. The molecule has 1 aromatic rings. The minimum Gasteiger partial charge on any atom is -0.494 e. The third-order valence-electron chi connectivity index (χ3n) is 3.80. The van der Waals surface area contributed by atoms with Crippen molar-refractivity contribution in [3.8, 4) is 5.75 Å². The lowest BCUT2D eigenvalue weighted by Gasteiger charge is -2.32. The first-order chi connectivity index (χ1) is 8.69. The van der Waals surface area contributed by atoms with Crippen molar-refractivity contribution in [3.05, 3.63) is 23.8 Å². The zero-order valence-electron chi connectivity index (χ0n) is 11.7. The van der Waals surface area contributed by atoms with Crippen LogP contribution in [0.25, 0.3) is 0 Å². The fraction of sp³-hybridized carbons (Fsp3) is 0.538. The van der Waals surface area contributed by atoms with E-state index in [0.29, 0.717) is 0 Å². The maximum atomic E-state index is 14.0. The number of hydrogen-bond donors (Lipinski definition) is 0. The van der Waals surface area contributed by atoms with Crippen LogP contribution in [0.5, 0.6) is 5.75 Å². The Bertz CT molecular complexity index is 487. The Morgan fingerprint density at radius 2 is 1.53 bits per heavy atom. The maximum Gasteiger partial charge on any atom is 0.497 e. The average molecular weight is 270 g/mol. The monoisotopic (exact) mass is 270 g/mol. The van der Waals surface area contributed by atoms with Gasteiger partial charge in [-0.2, -0.15) is 4.39 Å². The predicted octanol–water partition coefficient (Wildman–Crippen LogP) is 2.27. The van der Waals surface area contributed by atoms with Gasteiger partial charge in [-0.15, -0.1) is 0 Å². The maximum absolute atomic E-state index is 14.0. The van der Waals surface area contributed by atoms with E-state index in [9.17, 15) is 8.78 Å². The third kappa shape index (κ3) is 2.23. The van der Waals surface area contributed by atoms with Gasteiger partial charge in [-0.3, -0.25) is 0 Å². The second kappa shape index (κ2) is 4.46. The van der Waals surface area contributed by atoms with Crippen molar-refractivity contribution >= 4 is 12.6 Å². The summed E-state index contributed by atoms with van der Waals surface area (Å²) in [5.74, 6) is -2.18. The minimum atomic E-state index is -1.03. The van der Waals surface area contributed by atoms with Crippen molar-refractivity contribution in [1.29, 1.82) is 0 Å². The quantitative estimate of drug-likeness (QED) is 0.771. The molecule has 0 saturated carbocycles. The fourth-order valence-electron chi connectivity index (χ4n) is 1.86. The van der Waals surface area contributed by atoms with Gasteiger partial charge >= 0.3 is 7.12 Å². The lowest BCUT2D eigenvalue weighted by atomic mass is 9.78. The van der Waals surface area contributed by atoms with Crippen molar-refractivity contribution in [3.63, 3.8) is 0 Å². The smallest absolute Gasteiger partial charge is 0.494 e. The zero-order chi connectivity index (χ0) is 14.4. The molecule has 0 spiro atoms. The Morgan fingerprint density at radius 3 is 2.00 bits per heavy atom. The molecule has 6 heteroatoms. The van der Waals surface area contributed by atoms with E-state index in [1.165, 1.54) is 19.2 Å². The van der Waals surface area contributed by atoms with Crippen LogP contribution in [-0.4, -0.2) is 25.4 Å². The van der Waals surface area contributed by atoms with Crippen LogP contribution in [0.1, 0.15) is 27.7 Å². The number of benzene rings is 1. The Hall–Kier alpha value is -1.14. The Kier molecular flexibility index (Phi) is 3.35. The summed E-state index contributed by atoms with van der Waals surface area (Å²) in [7, 11) is 0.358. The first kappa shape index (κ1) is 14.3. The van der Waals surface area contributed by atoms with E-state index in [-0.39, 0.29) is 11.2 Å². The number of rotatable bonds is 2. The minimum absolute atomic E-state index is 0.0388. The summed E-state index contributed by atoms with van der Waals surface area (Å²) in [6, 6.07) is 2.78. The zero-order valence-corrected chi connectivity index (χ0v) is 11.7.